The summed E-state index contributed by atoms with van der Waals surface area (Å²) in [4.78, 5) is 16.0. The van der Waals surface area contributed by atoms with E-state index in [1.807, 2.05) is 19.2 Å². The van der Waals surface area contributed by atoms with Gasteiger partial charge in [-0.15, -0.1) is 11.3 Å². The van der Waals surface area contributed by atoms with Crippen molar-refractivity contribution in [1.29, 1.82) is 0 Å². The number of hydrogen-bond donors (Lipinski definition) is 2. The van der Waals surface area contributed by atoms with Gasteiger partial charge in [0.1, 0.15) is 4.34 Å². The number of carbonyl (C=O) groups is 1. The van der Waals surface area contributed by atoms with Crippen LogP contribution in [0.25, 0.3) is 0 Å². The lowest BCUT2D eigenvalue weighted by molar-refractivity contribution is -0.128. The number of aromatic nitrogens is 1. The predicted molar refractivity (Wildman–Crippen MR) is 66.7 cm³/mol. The van der Waals surface area contributed by atoms with E-state index in [9.17, 15) is 4.79 Å². The third-order valence-corrected chi connectivity index (χ3v) is 4.59. The van der Waals surface area contributed by atoms with Gasteiger partial charge >= 0.3 is 0 Å². The molecule has 3 N–H and O–H groups in total. The fourth-order valence-corrected chi connectivity index (χ4v) is 2.92. The summed E-state index contributed by atoms with van der Waals surface area (Å²) in [7, 11) is 0. The van der Waals surface area contributed by atoms with Crippen molar-refractivity contribution >= 4 is 28.9 Å². The number of nitrogens with zero attached hydrogens (tertiary/aromatic N) is 1. The van der Waals surface area contributed by atoms with E-state index in [1.165, 1.54) is 11.8 Å². The summed E-state index contributed by atoms with van der Waals surface area (Å²) in [5.74, 6) is 0.506. The Kier molecular flexibility index (Phi) is 4.91. The Hall–Kier alpha value is -0.430. The second kappa shape index (κ2) is 5.77. The minimum absolute atomic E-state index is 0.112. The molecule has 0 bridgehead atoms. The molecule has 6 heteroatoms. The molecule has 0 aliphatic rings. The van der Waals surface area contributed by atoms with E-state index in [1.54, 1.807) is 17.5 Å². The van der Waals surface area contributed by atoms with E-state index in [2.05, 4.69) is 4.98 Å². The van der Waals surface area contributed by atoms with Crippen LogP contribution in [0.3, 0.4) is 0 Å². The molecular formula is C10H16N2O2S2. The molecule has 1 heterocycles. The summed E-state index contributed by atoms with van der Waals surface area (Å²) in [5, 5.41) is 10.8. The maximum absolute atomic E-state index is 11.8. The maximum atomic E-state index is 11.8. The Balaban J connectivity index is 2.54. The number of ketones is 1. The number of Topliss-reactive ketones (excluding diaryl/α,β-unsaturated/α-hetero) is 1. The molecule has 0 spiro atoms. The number of aliphatic hydroxyl groups excluding tert-OH is 1. The normalized spacial score (nSPS) is 13.8. The molecule has 90 valence electrons. The zero-order chi connectivity index (χ0) is 12.2. The number of hydrogen-bond acceptors (Lipinski definition) is 6. The molecule has 0 aliphatic carbocycles. The highest BCUT2D eigenvalue weighted by Crippen LogP contribution is 2.29. The van der Waals surface area contributed by atoms with Crippen molar-refractivity contribution in [3.63, 3.8) is 0 Å². The van der Waals surface area contributed by atoms with Crippen LogP contribution in [0, 0.1) is 5.41 Å². The Morgan fingerprint density at radius 2 is 2.44 bits per heavy atom. The lowest BCUT2D eigenvalue weighted by Crippen LogP contribution is -2.43. The molecule has 0 saturated heterocycles. The van der Waals surface area contributed by atoms with E-state index in [0.29, 0.717) is 5.75 Å². The topological polar surface area (TPSA) is 76.2 Å². The number of nitrogens with two attached hydrogens (primary N) is 1. The van der Waals surface area contributed by atoms with Crippen molar-refractivity contribution in [2.75, 3.05) is 12.4 Å². The van der Waals surface area contributed by atoms with E-state index < -0.39 is 11.5 Å². The number of carbonyl (C=O) groups excluding carboxylic acids is 1. The summed E-state index contributed by atoms with van der Waals surface area (Å²) in [5.41, 5.74) is 4.99. The van der Waals surface area contributed by atoms with Crippen molar-refractivity contribution in [2.24, 2.45) is 11.1 Å². The number of rotatable bonds is 6. The van der Waals surface area contributed by atoms with Gasteiger partial charge in [-0.1, -0.05) is 25.6 Å². The Morgan fingerprint density at radius 3 is 2.94 bits per heavy atom. The van der Waals surface area contributed by atoms with Gasteiger partial charge in [0.05, 0.1) is 12.6 Å². The first-order valence-corrected chi connectivity index (χ1v) is 6.77. The first kappa shape index (κ1) is 13.6. The fraction of sp³-hybridized carbons (Fsp3) is 0.600. The number of aliphatic hydroxyl groups is 1. The SMILES string of the molecule is CC(C)(CSc1nccs1)C(=O)[C@H](N)CO. The van der Waals surface area contributed by atoms with Crippen LogP contribution in [-0.4, -0.2) is 34.3 Å². The summed E-state index contributed by atoms with van der Waals surface area (Å²) in [6, 6.07) is -0.785. The number of thiazole rings is 1. The Morgan fingerprint density at radius 1 is 1.75 bits per heavy atom. The molecular weight excluding hydrogens is 244 g/mol. The molecule has 0 aliphatic heterocycles. The smallest absolute Gasteiger partial charge is 0.158 e. The third kappa shape index (κ3) is 3.55. The summed E-state index contributed by atoms with van der Waals surface area (Å²) in [6.45, 7) is 3.38. The first-order valence-electron chi connectivity index (χ1n) is 4.90. The molecule has 1 aromatic rings. The quantitative estimate of drug-likeness (QED) is 0.750. The van der Waals surface area contributed by atoms with Gasteiger partial charge in [-0.25, -0.2) is 4.98 Å². The van der Waals surface area contributed by atoms with Crippen LogP contribution in [0.15, 0.2) is 15.9 Å². The van der Waals surface area contributed by atoms with Gasteiger partial charge < -0.3 is 10.8 Å². The molecule has 0 unspecified atom stereocenters. The standard InChI is InChI=1S/C10H16N2O2S2/c1-10(2,8(14)7(11)5-13)6-16-9-12-3-4-15-9/h3-4,7,13H,5-6,11H2,1-2H3/t7-/m1/s1. The minimum Gasteiger partial charge on any atom is -0.394 e. The highest BCUT2D eigenvalue weighted by Gasteiger charge is 2.31. The monoisotopic (exact) mass is 260 g/mol. The minimum atomic E-state index is -0.785. The average molecular weight is 260 g/mol. The van der Waals surface area contributed by atoms with Crippen LogP contribution in [0.5, 0.6) is 0 Å². The molecule has 0 radical (unpaired) electrons. The van der Waals surface area contributed by atoms with Crippen LogP contribution in [0.4, 0.5) is 0 Å². The van der Waals surface area contributed by atoms with Gasteiger partial charge in [0.25, 0.3) is 0 Å². The Bertz CT molecular complexity index is 339. The van der Waals surface area contributed by atoms with Crippen LogP contribution in [0.2, 0.25) is 0 Å². The van der Waals surface area contributed by atoms with Crippen LogP contribution < -0.4 is 5.73 Å². The van der Waals surface area contributed by atoms with Gasteiger partial charge in [-0.05, 0) is 0 Å². The van der Waals surface area contributed by atoms with Gasteiger partial charge in [-0.3, -0.25) is 4.79 Å². The maximum Gasteiger partial charge on any atom is 0.158 e. The van der Waals surface area contributed by atoms with Crippen molar-refractivity contribution < 1.29 is 9.90 Å². The second-order valence-corrected chi connectivity index (χ2v) is 6.24. The van der Waals surface area contributed by atoms with Crippen LogP contribution in [-0.2, 0) is 4.79 Å². The lowest BCUT2D eigenvalue weighted by atomic mass is 9.87. The highest BCUT2D eigenvalue weighted by molar-refractivity contribution is 8.01. The molecule has 4 nitrogen and oxygen atoms in total. The van der Waals surface area contributed by atoms with Gasteiger partial charge in [0.2, 0.25) is 0 Å². The summed E-state index contributed by atoms with van der Waals surface area (Å²) < 4.78 is 0.943. The van der Waals surface area contributed by atoms with E-state index in [-0.39, 0.29) is 12.4 Å². The molecule has 0 amide bonds. The predicted octanol–water partition coefficient (Wildman–Crippen LogP) is 1.15. The van der Waals surface area contributed by atoms with E-state index in [4.69, 9.17) is 10.8 Å². The van der Waals surface area contributed by atoms with Crippen molar-refractivity contribution in [1.82, 2.24) is 4.98 Å². The summed E-state index contributed by atoms with van der Waals surface area (Å²) in [6.07, 6.45) is 1.74. The zero-order valence-corrected chi connectivity index (χ0v) is 11.0. The Labute approximate surface area is 103 Å². The molecule has 1 atom stereocenters. The first-order chi connectivity index (χ1) is 7.47. The van der Waals surface area contributed by atoms with Gasteiger partial charge in [0.15, 0.2) is 5.78 Å². The van der Waals surface area contributed by atoms with Gasteiger partial charge in [0, 0.05) is 22.7 Å². The fourth-order valence-electron chi connectivity index (χ4n) is 1.18. The molecule has 1 aromatic heterocycles. The highest BCUT2D eigenvalue weighted by atomic mass is 32.2. The van der Waals surface area contributed by atoms with Crippen molar-refractivity contribution in [3.8, 4) is 0 Å². The molecule has 0 aromatic carbocycles. The number of thioether (sulfide) groups is 1. The van der Waals surface area contributed by atoms with E-state index >= 15 is 0 Å². The molecule has 1 rings (SSSR count). The molecule has 0 saturated carbocycles. The molecule has 16 heavy (non-hydrogen) atoms. The zero-order valence-electron chi connectivity index (χ0n) is 9.34. The van der Waals surface area contributed by atoms with Gasteiger partial charge in [-0.2, -0.15) is 0 Å². The van der Waals surface area contributed by atoms with Crippen LogP contribution in [0.1, 0.15) is 13.8 Å². The van der Waals surface area contributed by atoms with Crippen molar-refractivity contribution in [2.45, 2.75) is 24.2 Å². The third-order valence-electron chi connectivity index (χ3n) is 2.17. The lowest BCUT2D eigenvalue weighted by Gasteiger charge is -2.24. The molecule has 0 fully saturated rings. The van der Waals surface area contributed by atoms with Crippen LogP contribution >= 0.6 is 23.1 Å². The van der Waals surface area contributed by atoms with Crippen molar-refractivity contribution in [3.05, 3.63) is 11.6 Å². The summed E-state index contributed by atoms with van der Waals surface area (Å²) >= 11 is 3.09. The average Bonchev–Trinajstić information content (AvgIpc) is 2.77. The van der Waals surface area contributed by atoms with E-state index in [0.717, 1.165) is 4.34 Å². The second-order valence-electron chi connectivity index (χ2n) is 4.12. The largest absolute Gasteiger partial charge is 0.394 e.